The van der Waals surface area contributed by atoms with Crippen LogP contribution in [-0.2, 0) is 11.3 Å². The smallest absolute Gasteiger partial charge is 0.326 e. The minimum atomic E-state index is -0.00978. The number of methoxy groups -OCH3 is 1. The van der Waals surface area contributed by atoms with Gasteiger partial charge in [0.05, 0.1) is 17.1 Å². The highest BCUT2D eigenvalue weighted by atomic mass is 16.5. The van der Waals surface area contributed by atoms with Crippen molar-refractivity contribution in [3.05, 3.63) is 34.7 Å². The van der Waals surface area contributed by atoms with Crippen LogP contribution in [0.25, 0.3) is 11.0 Å². The summed E-state index contributed by atoms with van der Waals surface area (Å²) in [5.41, 5.74) is 1.90. The molecule has 2 atom stereocenters. The highest BCUT2D eigenvalue weighted by molar-refractivity contribution is 5.74. The number of ether oxygens (including phenoxy) is 1. The van der Waals surface area contributed by atoms with Gasteiger partial charge in [0.15, 0.2) is 0 Å². The molecule has 0 spiro atoms. The predicted molar refractivity (Wildman–Crippen MR) is 82.0 cm³/mol. The fourth-order valence-corrected chi connectivity index (χ4v) is 2.56. The van der Waals surface area contributed by atoms with Gasteiger partial charge in [-0.05, 0) is 37.8 Å². The summed E-state index contributed by atoms with van der Waals surface area (Å²) < 4.78 is 7.16. The SMILES string of the molecule is CCC(CCC(C)OC)Cn1c(=O)[nH]c2ccccc21. The van der Waals surface area contributed by atoms with Crippen LogP contribution >= 0.6 is 0 Å². The Hall–Kier alpha value is -1.55. The summed E-state index contributed by atoms with van der Waals surface area (Å²) in [7, 11) is 1.75. The Balaban J connectivity index is 2.13. The summed E-state index contributed by atoms with van der Waals surface area (Å²) in [5, 5.41) is 0. The zero-order valence-corrected chi connectivity index (χ0v) is 12.6. The van der Waals surface area contributed by atoms with E-state index in [4.69, 9.17) is 4.74 Å². The topological polar surface area (TPSA) is 47.0 Å². The lowest BCUT2D eigenvalue weighted by Gasteiger charge is -2.17. The second kappa shape index (κ2) is 6.75. The Bertz CT molecular complexity index is 600. The van der Waals surface area contributed by atoms with Gasteiger partial charge in [0.2, 0.25) is 0 Å². The molecule has 2 rings (SSSR count). The summed E-state index contributed by atoms with van der Waals surface area (Å²) in [4.78, 5) is 15.0. The zero-order valence-electron chi connectivity index (χ0n) is 12.6. The third-order valence-corrected chi connectivity index (χ3v) is 4.08. The first-order valence-electron chi connectivity index (χ1n) is 7.36. The van der Waals surface area contributed by atoms with Crippen molar-refractivity contribution in [3.63, 3.8) is 0 Å². The molecule has 0 saturated heterocycles. The van der Waals surface area contributed by atoms with E-state index in [0.717, 1.165) is 36.8 Å². The second-order valence-corrected chi connectivity index (χ2v) is 5.46. The fourth-order valence-electron chi connectivity index (χ4n) is 2.56. The van der Waals surface area contributed by atoms with Crippen LogP contribution in [0.3, 0.4) is 0 Å². The van der Waals surface area contributed by atoms with Crippen molar-refractivity contribution >= 4 is 11.0 Å². The second-order valence-electron chi connectivity index (χ2n) is 5.46. The Morgan fingerprint density at radius 3 is 2.75 bits per heavy atom. The minimum Gasteiger partial charge on any atom is -0.382 e. The number of hydrogen-bond acceptors (Lipinski definition) is 2. The summed E-state index contributed by atoms with van der Waals surface area (Å²) in [6.07, 6.45) is 3.47. The Morgan fingerprint density at radius 1 is 1.30 bits per heavy atom. The molecule has 2 unspecified atom stereocenters. The van der Waals surface area contributed by atoms with E-state index in [1.54, 1.807) is 7.11 Å². The van der Waals surface area contributed by atoms with Crippen LogP contribution < -0.4 is 5.69 Å². The molecule has 1 N–H and O–H groups in total. The molecule has 0 fully saturated rings. The molecule has 0 bridgehead atoms. The molecular formula is C16H24N2O2. The molecule has 110 valence electrons. The van der Waals surface area contributed by atoms with Gasteiger partial charge in [-0.25, -0.2) is 4.79 Å². The molecule has 0 radical (unpaired) electrons. The van der Waals surface area contributed by atoms with E-state index in [-0.39, 0.29) is 11.8 Å². The van der Waals surface area contributed by atoms with Crippen LogP contribution in [0.5, 0.6) is 0 Å². The summed E-state index contributed by atoms with van der Waals surface area (Å²) in [5.74, 6) is 0.504. The van der Waals surface area contributed by atoms with Crippen molar-refractivity contribution < 1.29 is 4.74 Å². The van der Waals surface area contributed by atoms with E-state index >= 15 is 0 Å². The van der Waals surface area contributed by atoms with Crippen LogP contribution in [0.15, 0.2) is 29.1 Å². The number of nitrogens with zero attached hydrogens (tertiary/aromatic N) is 1. The van der Waals surface area contributed by atoms with Crippen LogP contribution in [0.1, 0.15) is 33.1 Å². The number of fused-ring (bicyclic) bond motifs is 1. The monoisotopic (exact) mass is 276 g/mol. The maximum atomic E-state index is 12.1. The largest absolute Gasteiger partial charge is 0.382 e. The zero-order chi connectivity index (χ0) is 14.5. The van der Waals surface area contributed by atoms with Crippen molar-refractivity contribution in [2.45, 2.75) is 45.8 Å². The average Bonchev–Trinajstić information content (AvgIpc) is 2.78. The van der Waals surface area contributed by atoms with Gasteiger partial charge < -0.3 is 9.72 Å². The maximum absolute atomic E-state index is 12.1. The summed E-state index contributed by atoms with van der Waals surface area (Å²) in [6.45, 7) is 5.04. The molecule has 0 saturated carbocycles. The number of para-hydroxylation sites is 2. The summed E-state index contributed by atoms with van der Waals surface area (Å²) in [6, 6.07) is 7.86. The van der Waals surface area contributed by atoms with Gasteiger partial charge in [0, 0.05) is 13.7 Å². The number of aromatic nitrogens is 2. The molecule has 0 aliphatic rings. The van der Waals surface area contributed by atoms with E-state index in [2.05, 4.69) is 18.8 Å². The van der Waals surface area contributed by atoms with E-state index < -0.39 is 0 Å². The van der Waals surface area contributed by atoms with E-state index in [0.29, 0.717) is 5.92 Å². The van der Waals surface area contributed by atoms with Crippen molar-refractivity contribution in [2.75, 3.05) is 7.11 Å². The van der Waals surface area contributed by atoms with Crippen LogP contribution in [-0.4, -0.2) is 22.8 Å². The third-order valence-electron chi connectivity index (χ3n) is 4.08. The van der Waals surface area contributed by atoms with Crippen LogP contribution in [0.2, 0.25) is 0 Å². The third kappa shape index (κ3) is 3.31. The lowest BCUT2D eigenvalue weighted by Crippen LogP contribution is -2.22. The molecule has 2 aromatic rings. The molecule has 1 aromatic heterocycles. The van der Waals surface area contributed by atoms with Gasteiger partial charge >= 0.3 is 5.69 Å². The first kappa shape index (κ1) is 14.9. The normalized spacial score (nSPS) is 14.6. The molecule has 4 heteroatoms. The quantitative estimate of drug-likeness (QED) is 0.844. The van der Waals surface area contributed by atoms with Gasteiger partial charge in [-0.1, -0.05) is 25.5 Å². The number of nitrogens with one attached hydrogen (secondary N) is 1. The molecule has 20 heavy (non-hydrogen) atoms. The first-order valence-corrected chi connectivity index (χ1v) is 7.36. The van der Waals surface area contributed by atoms with Crippen molar-refractivity contribution in [1.82, 2.24) is 9.55 Å². The Kier molecular flexibility index (Phi) is 5.01. The highest BCUT2D eigenvalue weighted by Gasteiger charge is 2.13. The first-order chi connectivity index (χ1) is 9.65. The van der Waals surface area contributed by atoms with Gasteiger partial charge in [-0.15, -0.1) is 0 Å². The molecule has 1 heterocycles. The van der Waals surface area contributed by atoms with Gasteiger partial charge in [0.1, 0.15) is 0 Å². The van der Waals surface area contributed by atoms with Crippen LogP contribution in [0, 0.1) is 5.92 Å². The van der Waals surface area contributed by atoms with Crippen molar-refractivity contribution in [3.8, 4) is 0 Å². The number of hydrogen-bond donors (Lipinski definition) is 1. The molecule has 4 nitrogen and oxygen atoms in total. The highest BCUT2D eigenvalue weighted by Crippen LogP contribution is 2.18. The predicted octanol–water partition coefficient (Wildman–Crippen LogP) is 3.17. The standard InChI is InChI=1S/C16H24N2O2/c1-4-13(10-9-12(2)20-3)11-18-15-8-6-5-7-14(15)17-16(18)19/h5-8,12-13H,4,9-11H2,1-3H3,(H,17,19). The van der Waals surface area contributed by atoms with Crippen LogP contribution in [0.4, 0.5) is 0 Å². The molecule has 0 amide bonds. The lowest BCUT2D eigenvalue weighted by atomic mass is 9.98. The fraction of sp³-hybridized carbons (Fsp3) is 0.562. The number of H-pyrrole nitrogens is 1. The van der Waals surface area contributed by atoms with Gasteiger partial charge in [-0.2, -0.15) is 0 Å². The van der Waals surface area contributed by atoms with Gasteiger partial charge in [0.25, 0.3) is 0 Å². The van der Waals surface area contributed by atoms with E-state index in [1.807, 2.05) is 28.8 Å². The lowest BCUT2D eigenvalue weighted by molar-refractivity contribution is 0.103. The maximum Gasteiger partial charge on any atom is 0.326 e. The molecule has 0 aliphatic carbocycles. The van der Waals surface area contributed by atoms with Crippen molar-refractivity contribution in [2.24, 2.45) is 5.92 Å². The molecular weight excluding hydrogens is 252 g/mol. The minimum absolute atomic E-state index is 0.00978. The number of benzene rings is 1. The number of imidazole rings is 1. The summed E-state index contributed by atoms with van der Waals surface area (Å²) >= 11 is 0. The Morgan fingerprint density at radius 2 is 2.05 bits per heavy atom. The molecule has 1 aromatic carbocycles. The number of aromatic amines is 1. The van der Waals surface area contributed by atoms with E-state index in [9.17, 15) is 4.79 Å². The number of rotatable bonds is 7. The Labute approximate surface area is 119 Å². The average molecular weight is 276 g/mol. The van der Waals surface area contributed by atoms with E-state index in [1.165, 1.54) is 0 Å². The van der Waals surface area contributed by atoms with Crippen molar-refractivity contribution in [1.29, 1.82) is 0 Å². The molecule has 0 aliphatic heterocycles. The van der Waals surface area contributed by atoms with Gasteiger partial charge in [-0.3, -0.25) is 4.57 Å².